The molecule has 0 saturated carbocycles. The summed E-state index contributed by atoms with van der Waals surface area (Å²) < 4.78 is 5.61. The van der Waals surface area contributed by atoms with Crippen LogP contribution in [-0.2, 0) is 4.79 Å². The number of piperidine rings is 1. The number of benzene rings is 1. The third-order valence-electron chi connectivity index (χ3n) is 5.16. The molecule has 3 aromatic rings. The standard InChI is InChI=1S/C21H21N3O4S/c1-13-15-7-2-3-8-16(15)28-18(13)20(26)23-22-19(25)14-6-4-10-24(12-14)21(27)17-9-5-11-29-17/h2-3,5,7-9,11,14H,4,6,10,12H2,1H3,(H,22,25)(H,23,26). The fourth-order valence-corrected chi connectivity index (χ4v) is 4.29. The molecule has 1 aliphatic heterocycles. The van der Waals surface area contributed by atoms with Gasteiger partial charge in [-0.1, -0.05) is 24.3 Å². The van der Waals surface area contributed by atoms with Crippen molar-refractivity contribution in [2.45, 2.75) is 19.8 Å². The number of carbonyl (C=O) groups excluding carboxylic acids is 3. The van der Waals surface area contributed by atoms with Crippen molar-refractivity contribution in [2.75, 3.05) is 13.1 Å². The lowest BCUT2D eigenvalue weighted by Gasteiger charge is -2.31. The van der Waals surface area contributed by atoms with Gasteiger partial charge in [-0.3, -0.25) is 25.2 Å². The maximum Gasteiger partial charge on any atom is 0.305 e. The minimum absolute atomic E-state index is 0.0561. The van der Waals surface area contributed by atoms with Crippen LogP contribution < -0.4 is 10.9 Å². The molecule has 1 aromatic carbocycles. The Morgan fingerprint density at radius 2 is 1.97 bits per heavy atom. The summed E-state index contributed by atoms with van der Waals surface area (Å²) in [4.78, 5) is 39.9. The van der Waals surface area contributed by atoms with Gasteiger partial charge in [0.1, 0.15) is 5.58 Å². The summed E-state index contributed by atoms with van der Waals surface area (Å²) in [5.74, 6) is -1.07. The zero-order valence-corrected chi connectivity index (χ0v) is 16.8. The van der Waals surface area contributed by atoms with Gasteiger partial charge in [0, 0.05) is 24.0 Å². The molecule has 2 N–H and O–H groups in total. The number of fused-ring (bicyclic) bond motifs is 1. The largest absolute Gasteiger partial charge is 0.451 e. The van der Waals surface area contributed by atoms with Crippen LogP contribution >= 0.6 is 11.3 Å². The molecular weight excluding hydrogens is 390 g/mol. The molecule has 0 radical (unpaired) electrons. The maximum atomic E-state index is 12.6. The van der Waals surface area contributed by atoms with Crippen LogP contribution in [0.15, 0.2) is 46.2 Å². The van der Waals surface area contributed by atoms with Crippen molar-refractivity contribution in [3.05, 3.63) is 58.0 Å². The molecule has 29 heavy (non-hydrogen) atoms. The van der Waals surface area contributed by atoms with E-state index in [1.54, 1.807) is 24.0 Å². The molecule has 1 saturated heterocycles. The average Bonchev–Trinajstić information content (AvgIpc) is 3.40. The summed E-state index contributed by atoms with van der Waals surface area (Å²) in [6.07, 6.45) is 1.41. The Morgan fingerprint density at radius 1 is 1.14 bits per heavy atom. The highest BCUT2D eigenvalue weighted by Gasteiger charge is 2.29. The summed E-state index contributed by atoms with van der Waals surface area (Å²) in [5.41, 5.74) is 6.26. The van der Waals surface area contributed by atoms with Gasteiger partial charge in [0.05, 0.1) is 10.8 Å². The van der Waals surface area contributed by atoms with E-state index >= 15 is 0 Å². The normalized spacial score (nSPS) is 16.6. The predicted molar refractivity (Wildman–Crippen MR) is 110 cm³/mol. The minimum atomic E-state index is -0.505. The van der Waals surface area contributed by atoms with Crippen molar-refractivity contribution in [1.82, 2.24) is 15.8 Å². The maximum absolute atomic E-state index is 12.6. The minimum Gasteiger partial charge on any atom is -0.451 e. The van der Waals surface area contributed by atoms with Crippen LogP contribution in [0, 0.1) is 12.8 Å². The number of para-hydroxylation sites is 1. The zero-order valence-electron chi connectivity index (χ0n) is 15.9. The lowest BCUT2D eigenvalue weighted by Crippen LogP contribution is -2.50. The van der Waals surface area contributed by atoms with Crippen LogP contribution in [-0.4, -0.2) is 35.7 Å². The molecule has 1 unspecified atom stereocenters. The third-order valence-corrected chi connectivity index (χ3v) is 6.02. The Balaban J connectivity index is 1.37. The number of nitrogens with one attached hydrogen (secondary N) is 2. The highest BCUT2D eigenvalue weighted by molar-refractivity contribution is 7.12. The average molecular weight is 411 g/mol. The first kappa shape index (κ1) is 19.2. The SMILES string of the molecule is Cc1c(C(=O)NNC(=O)C2CCCN(C(=O)c3cccs3)C2)oc2ccccc12. The molecule has 1 atom stereocenters. The van der Waals surface area contributed by atoms with Gasteiger partial charge >= 0.3 is 5.91 Å². The van der Waals surface area contributed by atoms with E-state index in [1.165, 1.54) is 11.3 Å². The predicted octanol–water partition coefficient (Wildman–Crippen LogP) is 3.12. The van der Waals surface area contributed by atoms with E-state index in [9.17, 15) is 14.4 Å². The first-order valence-electron chi connectivity index (χ1n) is 9.45. The quantitative estimate of drug-likeness (QED) is 0.648. The second-order valence-corrected chi connectivity index (χ2v) is 8.01. The fourth-order valence-electron chi connectivity index (χ4n) is 3.60. The second-order valence-electron chi connectivity index (χ2n) is 7.06. The molecule has 0 aliphatic carbocycles. The van der Waals surface area contributed by atoms with Crippen LogP contribution in [0.2, 0.25) is 0 Å². The molecule has 4 rings (SSSR count). The number of amides is 3. The van der Waals surface area contributed by atoms with E-state index < -0.39 is 5.91 Å². The van der Waals surface area contributed by atoms with Crippen molar-refractivity contribution in [1.29, 1.82) is 0 Å². The highest BCUT2D eigenvalue weighted by atomic mass is 32.1. The summed E-state index contributed by atoms with van der Waals surface area (Å²) in [6.45, 7) is 2.77. The molecular formula is C21H21N3O4S. The number of hydrazine groups is 1. The van der Waals surface area contributed by atoms with Gasteiger partial charge in [0.2, 0.25) is 5.91 Å². The van der Waals surface area contributed by atoms with E-state index in [0.29, 0.717) is 30.0 Å². The first-order chi connectivity index (χ1) is 14.0. The monoisotopic (exact) mass is 411 g/mol. The molecule has 3 heterocycles. The third kappa shape index (κ3) is 3.88. The van der Waals surface area contributed by atoms with Crippen molar-refractivity contribution < 1.29 is 18.8 Å². The molecule has 1 fully saturated rings. The Kier molecular flexibility index (Phi) is 5.35. The van der Waals surface area contributed by atoms with Crippen molar-refractivity contribution in [3.8, 4) is 0 Å². The smallest absolute Gasteiger partial charge is 0.305 e. The van der Waals surface area contributed by atoms with Gasteiger partial charge in [0.15, 0.2) is 5.76 Å². The van der Waals surface area contributed by atoms with Gasteiger partial charge in [-0.25, -0.2) is 0 Å². The lowest BCUT2D eigenvalue weighted by molar-refractivity contribution is -0.127. The fraction of sp³-hybridized carbons (Fsp3) is 0.286. The summed E-state index contributed by atoms with van der Waals surface area (Å²) >= 11 is 1.39. The van der Waals surface area contributed by atoms with Crippen molar-refractivity contribution >= 4 is 40.0 Å². The summed E-state index contributed by atoms with van der Waals surface area (Å²) in [6, 6.07) is 11.0. The van der Waals surface area contributed by atoms with Crippen LogP contribution in [0.4, 0.5) is 0 Å². The number of nitrogens with zero attached hydrogens (tertiary/aromatic N) is 1. The van der Waals surface area contributed by atoms with Crippen LogP contribution in [0.3, 0.4) is 0 Å². The second kappa shape index (κ2) is 8.08. The van der Waals surface area contributed by atoms with Crippen LogP contribution in [0.25, 0.3) is 11.0 Å². The number of furan rings is 1. The molecule has 0 spiro atoms. The molecule has 2 aromatic heterocycles. The number of carbonyl (C=O) groups is 3. The van der Waals surface area contributed by atoms with Gasteiger partial charge in [0.25, 0.3) is 5.91 Å². The molecule has 7 nitrogen and oxygen atoms in total. The Hall–Kier alpha value is -3.13. The lowest BCUT2D eigenvalue weighted by atomic mass is 9.97. The van der Waals surface area contributed by atoms with E-state index in [1.807, 2.05) is 29.6 Å². The van der Waals surface area contributed by atoms with Gasteiger partial charge in [-0.2, -0.15) is 0 Å². The van der Waals surface area contributed by atoms with E-state index in [0.717, 1.165) is 17.4 Å². The van der Waals surface area contributed by atoms with E-state index in [-0.39, 0.29) is 23.5 Å². The molecule has 1 aliphatic rings. The number of thiophene rings is 1. The van der Waals surface area contributed by atoms with Crippen molar-refractivity contribution in [2.24, 2.45) is 5.92 Å². The number of hydrogen-bond donors (Lipinski definition) is 2. The van der Waals surface area contributed by atoms with Gasteiger partial charge in [-0.15, -0.1) is 11.3 Å². The van der Waals surface area contributed by atoms with E-state index in [2.05, 4.69) is 10.9 Å². The molecule has 3 amide bonds. The van der Waals surface area contributed by atoms with Crippen LogP contribution in [0.5, 0.6) is 0 Å². The number of likely N-dealkylation sites (tertiary alicyclic amines) is 1. The van der Waals surface area contributed by atoms with Gasteiger partial charge < -0.3 is 9.32 Å². The first-order valence-corrected chi connectivity index (χ1v) is 10.3. The number of aryl methyl sites for hydroxylation is 1. The Morgan fingerprint density at radius 3 is 2.72 bits per heavy atom. The topological polar surface area (TPSA) is 91.7 Å². The number of rotatable bonds is 3. The molecule has 8 heteroatoms. The summed E-state index contributed by atoms with van der Waals surface area (Å²) in [7, 11) is 0. The van der Waals surface area contributed by atoms with Crippen LogP contribution in [0.1, 0.15) is 38.6 Å². The van der Waals surface area contributed by atoms with Crippen molar-refractivity contribution in [3.63, 3.8) is 0 Å². The number of hydrogen-bond acceptors (Lipinski definition) is 5. The Labute approximate surface area is 171 Å². The van der Waals surface area contributed by atoms with E-state index in [4.69, 9.17) is 4.42 Å². The Bertz CT molecular complexity index is 1060. The molecule has 150 valence electrons. The zero-order chi connectivity index (χ0) is 20.4. The highest BCUT2D eigenvalue weighted by Crippen LogP contribution is 2.25. The molecule has 0 bridgehead atoms. The van der Waals surface area contributed by atoms with Gasteiger partial charge in [-0.05, 0) is 37.3 Å². The summed E-state index contributed by atoms with van der Waals surface area (Å²) in [5, 5.41) is 2.72.